The van der Waals surface area contributed by atoms with Gasteiger partial charge in [-0.1, -0.05) is 37.3 Å². The number of likely N-dealkylation sites (N-methyl/N-ethyl adjacent to an activating group) is 1. The first-order valence-electron chi connectivity index (χ1n) is 7.94. The normalized spacial score (nSPS) is 12.6. The van der Waals surface area contributed by atoms with E-state index < -0.39 is 0 Å². The zero-order valence-electron chi connectivity index (χ0n) is 14.1. The third-order valence-electron chi connectivity index (χ3n) is 4.22. The number of rotatable bonds is 5. The maximum atomic E-state index is 12.6. The summed E-state index contributed by atoms with van der Waals surface area (Å²) in [7, 11) is 3.11. The van der Waals surface area contributed by atoms with Gasteiger partial charge >= 0.3 is 5.69 Å². The number of aryl methyl sites for hydroxylation is 1. The lowest BCUT2D eigenvalue weighted by molar-refractivity contribution is 0.418. The summed E-state index contributed by atoms with van der Waals surface area (Å²) in [5.74, 6) is 0. The van der Waals surface area contributed by atoms with Crippen molar-refractivity contribution in [2.24, 2.45) is 14.1 Å². The summed E-state index contributed by atoms with van der Waals surface area (Å²) in [6.07, 6.45) is 2.22. The maximum absolute atomic E-state index is 12.6. The van der Waals surface area contributed by atoms with Crippen LogP contribution in [0.1, 0.15) is 18.7 Å². The van der Waals surface area contributed by atoms with Crippen molar-refractivity contribution >= 4 is 11.2 Å². The number of imidazole rings is 1. The Bertz CT molecular complexity index is 968. The highest BCUT2D eigenvalue weighted by Gasteiger charge is 2.19. The van der Waals surface area contributed by atoms with Crippen LogP contribution >= 0.6 is 0 Å². The maximum Gasteiger partial charge on any atom is 0.332 e. The Labute approximate surface area is 139 Å². The smallest absolute Gasteiger partial charge is 0.308 e. The molecular formula is C17H21N5O2. The van der Waals surface area contributed by atoms with Crippen molar-refractivity contribution in [1.29, 1.82) is 0 Å². The molecule has 0 aliphatic rings. The minimum absolute atomic E-state index is 0.118. The van der Waals surface area contributed by atoms with Gasteiger partial charge in [0.05, 0.1) is 12.5 Å². The van der Waals surface area contributed by atoms with Gasteiger partial charge in [-0.15, -0.1) is 0 Å². The van der Waals surface area contributed by atoms with E-state index in [1.54, 1.807) is 13.4 Å². The van der Waals surface area contributed by atoms with Crippen molar-refractivity contribution in [3.63, 3.8) is 0 Å². The zero-order chi connectivity index (χ0) is 17.3. The molecule has 2 heterocycles. The highest BCUT2D eigenvalue weighted by Crippen LogP contribution is 2.16. The highest BCUT2D eigenvalue weighted by atomic mass is 16.2. The fraction of sp³-hybridized carbons (Fsp3) is 0.353. The van der Waals surface area contributed by atoms with Crippen LogP contribution < -0.4 is 16.6 Å². The number of benzene rings is 1. The van der Waals surface area contributed by atoms with Gasteiger partial charge in [0.2, 0.25) is 0 Å². The molecule has 1 aromatic carbocycles. The number of aromatic nitrogens is 4. The molecule has 3 rings (SSSR count). The standard InChI is InChI=1S/C17H21N5O2/c1-4-18-13(10-12-8-6-5-7-9-12)22-11-19-15-14(22)16(23)21(3)17(24)20(15)2/h5-9,11,13,18H,4,10H2,1-3H3. The molecule has 0 aliphatic heterocycles. The van der Waals surface area contributed by atoms with Crippen LogP contribution in [0.3, 0.4) is 0 Å². The summed E-state index contributed by atoms with van der Waals surface area (Å²) in [5.41, 5.74) is 1.29. The van der Waals surface area contributed by atoms with Gasteiger partial charge in [0.25, 0.3) is 5.56 Å². The molecule has 1 unspecified atom stereocenters. The van der Waals surface area contributed by atoms with Crippen molar-refractivity contribution in [2.75, 3.05) is 6.54 Å². The highest BCUT2D eigenvalue weighted by molar-refractivity contribution is 5.70. The molecule has 0 saturated carbocycles. The monoisotopic (exact) mass is 327 g/mol. The summed E-state index contributed by atoms with van der Waals surface area (Å²) >= 11 is 0. The lowest BCUT2D eigenvalue weighted by atomic mass is 10.1. The summed E-state index contributed by atoms with van der Waals surface area (Å²) in [5, 5.41) is 3.39. The minimum atomic E-state index is -0.374. The van der Waals surface area contributed by atoms with Gasteiger partial charge in [-0.25, -0.2) is 9.78 Å². The van der Waals surface area contributed by atoms with Crippen LogP contribution in [0.2, 0.25) is 0 Å². The molecule has 0 radical (unpaired) electrons. The minimum Gasteiger partial charge on any atom is -0.308 e. The third kappa shape index (κ3) is 2.67. The molecule has 1 N–H and O–H groups in total. The van der Waals surface area contributed by atoms with E-state index in [1.165, 1.54) is 11.6 Å². The van der Waals surface area contributed by atoms with Crippen LogP contribution in [0.4, 0.5) is 0 Å². The van der Waals surface area contributed by atoms with E-state index in [0.29, 0.717) is 17.6 Å². The summed E-state index contributed by atoms with van der Waals surface area (Å²) in [4.78, 5) is 29.0. The quantitative estimate of drug-likeness (QED) is 0.752. The largest absolute Gasteiger partial charge is 0.332 e. The van der Waals surface area contributed by atoms with E-state index in [2.05, 4.69) is 22.4 Å². The van der Waals surface area contributed by atoms with E-state index in [-0.39, 0.29) is 17.4 Å². The van der Waals surface area contributed by atoms with Gasteiger partial charge in [-0.05, 0) is 12.1 Å². The van der Waals surface area contributed by atoms with Crippen LogP contribution in [0, 0.1) is 0 Å². The fourth-order valence-electron chi connectivity index (χ4n) is 2.94. The average molecular weight is 327 g/mol. The third-order valence-corrected chi connectivity index (χ3v) is 4.22. The van der Waals surface area contributed by atoms with Crippen molar-refractivity contribution < 1.29 is 0 Å². The molecule has 126 valence electrons. The second-order valence-electron chi connectivity index (χ2n) is 5.79. The van der Waals surface area contributed by atoms with Crippen LogP contribution in [0.15, 0.2) is 46.2 Å². The molecule has 24 heavy (non-hydrogen) atoms. The Kier molecular flexibility index (Phi) is 4.35. The SMILES string of the molecule is CCNC(Cc1ccccc1)n1cnc2c1c(=O)n(C)c(=O)n2C. The van der Waals surface area contributed by atoms with Gasteiger partial charge in [-0.3, -0.25) is 19.2 Å². The molecule has 0 saturated heterocycles. The molecule has 3 aromatic rings. The molecule has 0 amide bonds. The van der Waals surface area contributed by atoms with E-state index >= 15 is 0 Å². The zero-order valence-corrected chi connectivity index (χ0v) is 14.1. The number of nitrogens with zero attached hydrogens (tertiary/aromatic N) is 4. The molecule has 0 aliphatic carbocycles. The molecule has 1 atom stereocenters. The Morgan fingerprint density at radius 1 is 1.12 bits per heavy atom. The van der Waals surface area contributed by atoms with E-state index in [4.69, 9.17) is 0 Å². The second-order valence-corrected chi connectivity index (χ2v) is 5.79. The van der Waals surface area contributed by atoms with Gasteiger partial charge in [0, 0.05) is 20.5 Å². The number of fused-ring (bicyclic) bond motifs is 1. The fourth-order valence-corrected chi connectivity index (χ4v) is 2.94. The van der Waals surface area contributed by atoms with Gasteiger partial charge in [0.1, 0.15) is 0 Å². The van der Waals surface area contributed by atoms with E-state index in [0.717, 1.165) is 16.7 Å². The lowest BCUT2D eigenvalue weighted by Crippen LogP contribution is -2.38. The van der Waals surface area contributed by atoms with Crippen LogP contribution in [-0.4, -0.2) is 25.2 Å². The molecular weight excluding hydrogens is 306 g/mol. The van der Waals surface area contributed by atoms with Crippen molar-refractivity contribution in [3.05, 3.63) is 63.1 Å². The molecule has 0 bridgehead atoms. The van der Waals surface area contributed by atoms with Crippen LogP contribution in [-0.2, 0) is 20.5 Å². The van der Waals surface area contributed by atoms with E-state index in [9.17, 15) is 9.59 Å². The number of nitrogens with one attached hydrogen (secondary N) is 1. The first-order chi connectivity index (χ1) is 11.5. The topological polar surface area (TPSA) is 73.8 Å². The van der Waals surface area contributed by atoms with Crippen molar-refractivity contribution in [1.82, 2.24) is 24.0 Å². The molecule has 7 heteroatoms. The molecule has 0 fully saturated rings. The molecule has 7 nitrogen and oxygen atoms in total. The first kappa shape index (κ1) is 16.2. The predicted molar refractivity (Wildman–Crippen MR) is 93.1 cm³/mol. The van der Waals surface area contributed by atoms with Gasteiger partial charge in [0.15, 0.2) is 11.2 Å². The van der Waals surface area contributed by atoms with Crippen LogP contribution in [0.25, 0.3) is 11.2 Å². The van der Waals surface area contributed by atoms with Gasteiger partial charge < -0.3 is 4.57 Å². The van der Waals surface area contributed by atoms with Crippen LogP contribution in [0.5, 0.6) is 0 Å². The predicted octanol–water partition coefficient (Wildman–Crippen LogP) is 0.784. The van der Waals surface area contributed by atoms with Crippen molar-refractivity contribution in [3.8, 4) is 0 Å². The number of hydrogen-bond donors (Lipinski definition) is 1. The summed E-state index contributed by atoms with van der Waals surface area (Å²) < 4.78 is 4.35. The van der Waals surface area contributed by atoms with E-state index in [1.807, 2.05) is 29.7 Å². The van der Waals surface area contributed by atoms with Gasteiger partial charge in [-0.2, -0.15) is 0 Å². The Hall–Kier alpha value is -2.67. The summed E-state index contributed by atoms with van der Waals surface area (Å²) in [6, 6.07) is 10.1. The Morgan fingerprint density at radius 2 is 1.83 bits per heavy atom. The Morgan fingerprint density at radius 3 is 2.50 bits per heavy atom. The Balaban J connectivity index is 2.15. The van der Waals surface area contributed by atoms with Crippen molar-refractivity contribution in [2.45, 2.75) is 19.5 Å². The lowest BCUT2D eigenvalue weighted by Gasteiger charge is -2.20. The molecule has 2 aromatic heterocycles. The average Bonchev–Trinajstić information content (AvgIpc) is 3.04. The molecule has 0 spiro atoms. The number of hydrogen-bond acceptors (Lipinski definition) is 4. The first-order valence-corrected chi connectivity index (χ1v) is 7.94. The summed E-state index contributed by atoms with van der Waals surface area (Å²) in [6.45, 7) is 2.77. The second kappa shape index (κ2) is 6.45.